The van der Waals surface area contributed by atoms with Crippen LogP contribution < -0.4 is 5.73 Å². The van der Waals surface area contributed by atoms with Crippen molar-refractivity contribution in [3.8, 4) is 0 Å². The van der Waals surface area contributed by atoms with Crippen molar-refractivity contribution in [3.05, 3.63) is 37.0 Å². The molecule has 0 unspecified atom stereocenters. The highest BCUT2D eigenvalue weighted by molar-refractivity contribution is 5.87. The Morgan fingerprint density at radius 2 is 1.43 bits per heavy atom. The molecule has 0 aromatic rings. The summed E-state index contributed by atoms with van der Waals surface area (Å²) in [5.41, 5.74) is 5.83. The zero-order chi connectivity index (χ0) is 21.7. The Morgan fingerprint density at radius 3 is 1.75 bits per heavy atom. The molecule has 0 aliphatic heterocycles. The van der Waals surface area contributed by atoms with Gasteiger partial charge in [-0.3, -0.25) is 0 Å². The van der Waals surface area contributed by atoms with E-state index in [1.165, 1.54) is 6.08 Å². The number of carbonyl (C=O) groups excluding carboxylic acids is 3. The topological polar surface area (TPSA) is 125 Å². The van der Waals surface area contributed by atoms with Crippen LogP contribution in [0.25, 0.3) is 0 Å². The van der Waals surface area contributed by atoms with Crippen LogP contribution in [-0.4, -0.2) is 56.0 Å². The Bertz CT molecular complexity index is 446. The number of hydrogen-bond acceptors (Lipinski definition) is 8. The van der Waals surface area contributed by atoms with E-state index in [-0.39, 0.29) is 44.2 Å². The van der Waals surface area contributed by atoms with Crippen molar-refractivity contribution < 1.29 is 33.7 Å². The maximum Gasteiger partial charge on any atom is 0.333 e. The first-order valence-corrected chi connectivity index (χ1v) is 8.43. The first-order valence-electron chi connectivity index (χ1n) is 8.43. The van der Waals surface area contributed by atoms with Crippen LogP contribution in [0, 0.1) is 0 Å². The number of aliphatic hydroxyl groups excluding tert-OH is 1. The number of aliphatic hydroxyl groups is 1. The predicted molar refractivity (Wildman–Crippen MR) is 111 cm³/mol. The summed E-state index contributed by atoms with van der Waals surface area (Å²) < 4.78 is 13.7. The molecule has 0 saturated carbocycles. The smallest absolute Gasteiger partial charge is 0.333 e. The number of ether oxygens (including phenoxy) is 3. The second-order valence-corrected chi connectivity index (χ2v) is 5.07. The van der Waals surface area contributed by atoms with Gasteiger partial charge in [-0.15, -0.1) is 12.4 Å². The van der Waals surface area contributed by atoms with Gasteiger partial charge < -0.3 is 25.1 Å². The van der Waals surface area contributed by atoms with Gasteiger partial charge in [-0.2, -0.15) is 0 Å². The zero-order valence-electron chi connectivity index (χ0n) is 17.0. The lowest BCUT2D eigenvalue weighted by Gasteiger charge is -1.99. The molecule has 0 heterocycles. The molecular weight excluding hydrogens is 390 g/mol. The molecule has 0 aliphatic carbocycles. The molecule has 0 aromatic carbocycles. The maximum atomic E-state index is 10.5. The van der Waals surface area contributed by atoms with Crippen LogP contribution in [0.15, 0.2) is 37.0 Å². The highest BCUT2D eigenvalue weighted by atomic mass is 35.5. The van der Waals surface area contributed by atoms with Gasteiger partial charge in [0, 0.05) is 23.8 Å². The Morgan fingerprint density at radius 1 is 0.964 bits per heavy atom. The Balaban J connectivity index is -0.000000152. The van der Waals surface area contributed by atoms with Gasteiger partial charge in [0.15, 0.2) is 0 Å². The number of esters is 3. The van der Waals surface area contributed by atoms with Gasteiger partial charge in [-0.25, -0.2) is 14.4 Å². The maximum absolute atomic E-state index is 10.5. The Labute approximate surface area is 173 Å². The van der Waals surface area contributed by atoms with Crippen molar-refractivity contribution in [2.75, 3.05) is 33.0 Å². The van der Waals surface area contributed by atoms with Crippen molar-refractivity contribution >= 4 is 30.3 Å². The fraction of sp³-hybridized carbons (Fsp3) is 0.526. The molecule has 3 N–H and O–H groups in total. The third kappa shape index (κ3) is 28.6. The van der Waals surface area contributed by atoms with Crippen LogP contribution >= 0.6 is 12.4 Å². The van der Waals surface area contributed by atoms with Crippen molar-refractivity contribution in [2.45, 2.75) is 33.6 Å². The predicted octanol–water partition coefficient (Wildman–Crippen LogP) is 2.10. The molecule has 0 spiro atoms. The molecular formula is C19H34ClNO7. The van der Waals surface area contributed by atoms with Crippen molar-refractivity contribution in [2.24, 2.45) is 5.73 Å². The van der Waals surface area contributed by atoms with Gasteiger partial charge in [0.1, 0.15) is 13.2 Å². The quantitative estimate of drug-likeness (QED) is 0.237. The van der Waals surface area contributed by atoms with Crippen LogP contribution in [0.2, 0.25) is 0 Å². The monoisotopic (exact) mass is 423 g/mol. The van der Waals surface area contributed by atoms with E-state index < -0.39 is 5.97 Å². The largest absolute Gasteiger partial charge is 0.463 e. The molecule has 0 fully saturated rings. The molecule has 0 aromatic heterocycles. The number of hydrogen-bond donors (Lipinski definition) is 2. The third-order valence-corrected chi connectivity index (χ3v) is 2.28. The van der Waals surface area contributed by atoms with Crippen LogP contribution in [0.1, 0.15) is 33.6 Å². The molecule has 0 atom stereocenters. The third-order valence-electron chi connectivity index (χ3n) is 2.28. The van der Waals surface area contributed by atoms with E-state index in [1.54, 1.807) is 13.8 Å². The van der Waals surface area contributed by atoms with Gasteiger partial charge in [-0.05, 0) is 20.3 Å². The normalized spacial score (nSPS) is 8.32. The van der Waals surface area contributed by atoms with Gasteiger partial charge in [0.25, 0.3) is 0 Å². The minimum absolute atomic E-state index is 0. The van der Waals surface area contributed by atoms with E-state index in [1.807, 2.05) is 6.92 Å². The van der Waals surface area contributed by atoms with E-state index in [2.05, 4.69) is 33.9 Å². The molecule has 0 aliphatic rings. The Kier molecular flexibility index (Phi) is 29.7. The summed E-state index contributed by atoms with van der Waals surface area (Å²) in [5.74, 6) is -1.16. The summed E-state index contributed by atoms with van der Waals surface area (Å²) in [5, 5.41) is 8.19. The average molecular weight is 424 g/mol. The van der Waals surface area contributed by atoms with Gasteiger partial charge in [0.2, 0.25) is 0 Å². The van der Waals surface area contributed by atoms with E-state index >= 15 is 0 Å². The number of rotatable bonds is 10. The summed E-state index contributed by atoms with van der Waals surface area (Å²) in [7, 11) is 0. The van der Waals surface area contributed by atoms with Crippen LogP contribution in [-0.2, 0) is 28.6 Å². The standard InChI is InChI=1S/C7H12O2.C6H11NO2.C6H10O3.ClH/c1-3-5-6-9-7(8)4-2;2*1-5(2)6(8)9-4-3-7;/h4H,2-3,5-6H2,1H3;1,3-4,7H2,2H3;7H,1,3-4H2,2H3;1H. The molecule has 164 valence electrons. The lowest BCUT2D eigenvalue weighted by Crippen LogP contribution is -2.13. The minimum atomic E-state index is -0.455. The fourth-order valence-electron chi connectivity index (χ4n) is 0.912. The summed E-state index contributed by atoms with van der Waals surface area (Å²) in [6.45, 7) is 16.3. The van der Waals surface area contributed by atoms with Crippen LogP contribution in [0.5, 0.6) is 0 Å². The summed E-state index contributed by atoms with van der Waals surface area (Å²) >= 11 is 0. The number of carbonyl (C=O) groups is 3. The molecule has 8 nitrogen and oxygen atoms in total. The van der Waals surface area contributed by atoms with Crippen molar-refractivity contribution in [1.29, 1.82) is 0 Å². The lowest BCUT2D eigenvalue weighted by atomic mass is 10.4. The fourth-order valence-corrected chi connectivity index (χ4v) is 0.912. The second-order valence-electron chi connectivity index (χ2n) is 5.07. The summed E-state index contributed by atoms with van der Waals surface area (Å²) in [4.78, 5) is 31.3. The van der Waals surface area contributed by atoms with E-state index in [0.29, 0.717) is 24.3 Å². The molecule has 0 bridgehead atoms. The molecule has 0 amide bonds. The van der Waals surface area contributed by atoms with E-state index in [9.17, 15) is 14.4 Å². The van der Waals surface area contributed by atoms with Crippen molar-refractivity contribution in [1.82, 2.24) is 0 Å². The van der Waals surface area contributed by atoms with Crippen LogP contribution in [0.3, 0.4) is 0 Å². The molecule has 0 saturated heterocycles. The highest BCUT2D eigenvalue weighted by Crippen LogP contribution is 1.90. The number of halogens is 1. The number of unbranched alkanes of at least 4 members (excludes halogenated alkanes) is 1. The second kappa shape index (κ2) is 24.8. The lowest BCUT2D eigenvalue weighted by molar-refractivity contribution is -0.140. The first-order chi connectivity index (χ1) is 12.7. The highest BCUT2D eigenvalue weighted by Gasteiger charge is 2.00. The van der Waals surface area contributed by atoms with Gasteiger partial charge >= 0.3 is 17.9 Å². The van der Waals surface area contributed by atoms with Gasteiger partial charge in [-0.1, -0.05) is 33.1 Å². The zero-order valence-corrected chi connectivity index (χ0v) is 17.8. The first kappa shape index (κ1) is 33.4. The van der Waals surface area contributed by atoms with E-state index in [4.69, 9.17) is 10.8 Å². The minimum Gasteiger partial charge on any atom is -0.463 e. The molecule has 0 radical (unpaired) electrons. The number of nitrogens with two attached hydrogens (primary N) is 1. The Hall–Kier alpha value is -2.16. The average Bonchev–Trinajstić information content (AvgIpc) is 2.64. The summed E-state index contributed by atoms with van der Waals surface area (Å²) in [6, 6.07) is 0. The molecule has 0 rings (SSSR count). The SMILES string of the molecule is C=C(C)C(=O)OCCN.C=C(C)C(=O)OCCO.C=CC(=O)OCCCC.Cl. The van der Waals surface area contributed by atoms with E-state index in [0.717, 1.165) is 12.8 Å². The molecule has 9 heteroatoms. The van der Waals surface area contributed by atoms with Gasteiger partial charge in [0.05, 0.1) is 13.2 Å². The van der Waals surface area contributed by atoms with Crippen LogP contribution in [0.4, 0.5) is 0 Å². The van der Waals surface area contributed by atoms with Crippen molar-refractivity contribution in [3.63, 3.8) is 0 Å². The molecule has 28 heavy (non-hydrogen) atoms. The summed E-state index contributed by atoms with van der Waals surface area (Å²) in [6.07, 6.45) is 3.15.